The zero-order valence-electron chi connectivity index (χ0n) is 10.8. The Hall–Kier alpha value is -1.41. The lowest BCUT2D eigenvalue weighted by Crippen LogP contribution is -2.50. The van der Waals surface area contributed by atoms with Crippen molar-refractivity contribution < 1.29 is 13.2 Å². The van der Waals surface area contributed by atoms with E-state index < -0.39 is 21.6 Å². The fourth-order valence-corrected chi connectivity index (χ4v) is 2.32. The number of imidazole rings is 1. The van der Waals surface area contributed by atoms with Crippen molar-refractivity contribution in [2.24, 2.45) is 0 Å². The molecule has 0 saturated heterocycles. The van der Waals surface area contributed by atoms with E-state index in [2.05, 4.69) is 20.0 Å². The number of hydrogen-bond donors (Lipinski definition) is 3. The molecule has 1 atom stereocenters. The average Bonchev–Trinajstić information content (AvgIpc) is 2.66. The van der Waals surface area contributed by atoms with Gasteiger partial charge in [-0.15, -0.1) is 0 Å². The van der Waals surface area contributed by atoms with Crippen LogP contribution in [-0.4, -0.2) is 35.9 Å². The second-order valence-corrected chi connectivity index (χ2v) is 6.68. The third-order valence-electron chi connectivity index (χ3n) is 1.99. The molecule has 18 heavy (non-hydrogen) atoms. The summed E-state index contributed by atoms with van der Waals surface area (Å²) in [5.41, 5.74) is -0.412. The molecule has 0 radical (unpaired) electrons. The maximum absolute atomic E-state index is 11.8. The number of carbonyl (C=O) groups is 1. The fraction of sp³-hybridized carbons (Fsp3) is 0.600. The van der Waals surface area contributed by atoms with Crippen molar-refractivity contribution in [1.82, 2.24) is 20.0 Å². The van der Waals surface area contributed by atoms with Crippen molar-refractivity contribution in [3.05, 3.63) is 12.5 Å². The molecule has 0 aliphatic rings. The van der Waals surface area contributed by atoms with Gasteiger partial charge in [-0.2, -0.15) is 4.72 Å². The van der Waals surface area contributed by atoms with Crippen molar-refractivity contribution in [2.75, 3.05) is 0 Å². The van der Waals surface area contributed by atoms with E-state index in [4.69, 9.17) is 0 Å². The number of nitrogens with zero attached hydrogens (tertiary/aromatic N) is 1. The molecule has 1 aromatic heterocycles. The molecule has 0 aromatic carbocycles. The lowest BCUT2D eigenvalue weighted by atomic mass is 10.1. The smallest absolute Gasteiger partial charge is 0.258 e. The van der Waals surface area contributed by atoms with Crippen molar-refractivity contribution in [3.8, 4) is 0 Å². The Balaban J connectivity index is 2.71. The minimum absolute atomic E-state index is 0.0714. The third kappa shape index (κ3) is 4.11. The van der Waals surface area contributed by atoms with E-state index in [0.717, 1.165) is 0 Å². The van der Waals surface area contributed by atoms with Gasteiger partial charge in [-0.25, -0.2) is 13.4 Å². The van der Waals surface area contributed by atoms with Crippen molar-refractivity contribution in [3.63, 3.8) is 0 Å². The molecule has 0 aliphatic heterocycles. The molecule has 102 valence electrons. The zero-order valence-corrected chi connectivity index (χ0v) is 11.6. The summed E-state index contributed by atoms with van der Waals surface area (Å²) in [6.45, 7) is 6.94. The third-order valence-corrected chi connectivity index (χ3v) is 3.45. The summed E-state index contributed by atoms with van der Waals surface area (Å²) in [5.74, 6) is -0.384. The van der Waals surface area contributed by atoms with E-state index in [-0.39, 0.29) is 10.9 Å². The topological polar surface area (TPSA) is 104 Å². The number of nitrogens with one attached hydrogen (secondary N) is 3. The van der Waals surface area contributed by atoms with E-state index >= 15 is 0 Å². The number of amides is 1. The molecule has 1 amide bonds. The largest absolute Gasteiger partial charge is 0.350 e. The average molecular weight is 274 g/mol. The Morgan fingerprint density at radius 1 is 1.44 bits per heavy atom. The predicted molar refractivity (Wildman–Crippen MR) is 66.3 cm³/mol. The SMILES string of the molecule is CC(NS(=O)(=O)c1cnc[nH]1)C(=O)NC(C)(C)C. The number of rotatable bonds is 4. The van der Waals surface area contributed by atoms with Crippen LogP contribution in [0.5, 0.6) is 0 Å². The standard InChI is InChI=1S/C10H18N4O3S/c1-7(9(15)13-10(2,3)4)14-18(16,17)8-5-11-6-12-8/h5-7,14H,1-4H3,(H,11,12)(H,13,15). The molecule has 7 nitrogen and oxygen atoms in total. The summed E-state index contributed by atoms with van der Waals surface area (Å²) in [6, 6.07) is -0.863. The van der Waals surface area contributed by atoms with Crippen LogP contribution in [0.3, 0.4) is 0 Å². The Bertz CT molecular complexity index is 502. The molecule has 8 heteroatoms. The summed E-state index contributed by atoms with van der Waals surface area (Å²) in [7, 11) is -3.75. The zero-order chi connectivity index (χ0) is 14.0. The predicted octanol–water partition coefficient (Wildman–Crippen LogP) is -0.00880. The highest BCUT2D eigenvalue weighted by atomic mass is 32.2. The van der Waals surface area contributed by atoms with Gasteiger partial charge in [0.05, 0.1) is 18.6 Å². The van der Waals surface area contributed by atoms with Gasteiger partial charge in [-0.1, -0.05) is 0 Å². The first kappa shape index (κ1) is 14.7. The van der Waals surface area contributed by atoms with Gasteiger partial charge in [0, 0.05) is 5.54 Å². The van der Waals surface area contributed by atoms with Gasteiger partial charge >= 0.3 is 0 Å². The highest BCUT2D eigenvalue weighted by Crippen LogP contribution is 2.04. The molecule has 1 heterocycles. The monoisotopic (exact) mass is 274 g/mol. The van der Waals surface area contributed by atoms with Crippen molar-refractivity contribution in [1.29, 1.82) is 0 Å². The minimum Gasteiger partial charge on any atom is -0.350 e. The summed E-state index contributed by atoms with van der Waals surface area (Å²) < 4.78 is 25.9. The van der Waals surface area contributed by atoms with E-state index in [0.29, 0.717) is 0 Å². The molecule has 3 N–H and O–H groups in total. The van der Waals surface area contributed by atoms with Crippen LogP contribution in [0.2, 0.25) is 0 Å². The number of aromatic nitrogens is 2. The second-order valence-electron chi connectivity index (χ2n) is 5.00. The molecule has 1 unspecified atom stereocenters. The van der Waals surface area contributed by atoms with E-state index in [1.165, 1.54) is 19.4 Å². The van der Waals surface area contributed by atoms with Gasteiger partial charge in [0.1, 0.15) is 0 Å². The molecule has 0 saturated carbocycles. The van der Waals surface area contributed by atoms with Crippen LogP contribution in [0.25, 0.3) is 0 Å². The highest BCUT2D eigenvalue weighted by molar-refractivity contribution is 7.89. The van der Waals surface area contributed by atoms with Crippen molar-refractivity contribution >= 4 is 15.9 Å². The maximum atomic E-state index is 11.8. The first-order valence-corrected chi connectivity index (χ1v) is 6.93. The van der Waals surface area contributed by atoms with E-state index in [1.54, 1.807) is 0 Å². The van der Waals surface area contributed by atoms with Gasteiger partial charge < -0.3 is 10.3 Å². The van der Waals surface area contributed by atoms with Gasteiger partial charge in [-0.05, 0) is 27.7 Å². The number of sulfonamides is 1. The lowest BCUT2D eigenvalue weighted by molar-refractivity contribution is -0.123. The van der Waals surface area contributed by atoms with Crippen molar-refractivity contribution in [2.45, 2.75) is 44.3 Å². The summed E-state index contributed by atoms with van der Waals surface area (Å²) in [5, 5.41) is 2.62. The normalized spacial score (nSPS) is 14.2. The van der Waals surface area contributed by atoms with E-state index in [9.17, 15) is 13.2 Å². The van der Waals surface area contributed by atoms with E-state index in [1.807, 2.05) is 20.8 Å². The number of carbonyl (C=O) groups excluding carboxylic acids is 1. The molecule has 0 aliphatic carbocycles. The van der Waals surface area contributed by atoms with Crippen LogP contribution in [0.15, 0.2) is 17.6 Å². The molecule has 0 fully saturated rings. The quantitative estimate of drug-likeness (QED) is 0.718. The Labute approximate surface area is 106 Å². The maximum Gasteiger partial charge on any atom is 0.258 e. The minimum atomic E-state index is -3.75. The van der Waals surface area contributed by atoms with Crippen LogP contribution in [0, 0.1) is 0 Å². The van der Waals surface area contributed by atoms with Crippen LogP contribution in [0.1, 0.15) is 27.7 Å². The number of aromatic amines is 1. The van der Waals surface area contributed by atoms with Crippen LogP contribution >= 0.6 is 0 Å². The highest BCUT2D eigenvalue weighted by Gasteiger charge is 2.25. The number of hydrogen-bond acceptors (Lipinski definition) is 4. The van der Waals surface area contributed by atoms with Gasteiger partial charge in [0.25, 0.3) is 10.0 Å². The number of H-pyrrole nitrogens is 1. The first-order chi connectivity index (χ1) is 8.12. The molecule has 0 bridgehead atoms. The summed E-state index contributed by atoms with van der Waals surface area (Å²) in [4.78, 5) is 17.8. The first-order valence-electron chi connectivity index (χ1n) is 5.44. The van der Waals surface area contributed by atoms with Crippen LogP contribution in [0.4, 0.5) is 0 Å². The lowest BCUT2D eigenvalue weighted by Gasteiger charge is -2.23. The molecule has 1 aromatic rings. The molecular formula is C10H18N4O3S. The van der Waals surface area contributed by atoms with Gasteiger partial charge in [-0.3, -0.25) is 4.79 Å². The molecule has 1 rings (SSSR count). The van der Waals surface area contributed by atoms with Crippen LogP contribution in [-0.2, 0) is 14.8 Å². The Morgan fingerprint density at radius 3 is 2.50 bits per heavy atom. The Kier molecular flexibility index (Phi) is 4.12. The van der Waals surface area contributed by atoms with Gasteiger partial charge in [0.15, 0.2) is 5.03 Å². The second kappa shape index (κ2) is 5.07. The molecule has 0 spiro atoms. The summed E-state index contributed by atoms with van der Waals surface area (Å²) >= 11 is 0. The fourth-order valence-electron chi connectivity index (χ4n) is 1.22. The van der Waals surface area contributed by atoms with Crippen LogP contribution < -0.4 is 10.0 Å². The van der Waals surface area contributed by atoms with Gasteiger partial charge in [0.2, 0.25) is 5.91 Å². The molecular weight excluding hydrogens is 256 g/mol. The Morgan fingerprint density at radius 2 is 2.06 bits per heavy atom. The summed E-state index contributed by atoms with van der Waals surface area (Å²) in [6.07, 6.45) is 2.44.